The number of ether oxygens (including phenoxy) is 1. The predicted octanol–water partition coefficient (Wildman–Crippen LogP) is -1.22. The van der Waals surface area contributed by atoms with Gasteiger partial charge in [-0.05, 0) is 15.9 Å². The Kier molecular flexibility index (Phi) is 3.34. The monoisotopic (exact) mass is 345 g/mol. The quantitative estimate of drug-likeness (QED) is 0.496. The van der Waals surface area contributed by atoms with Crippen molar-refractivity contribution < 1.29 is 20.1 Å². The lowest BCUT2D eigenvalue weighted by Crippen LogP contribution is -2.33. The second-order valence-corrected chi connectivity index (χ2v) is 5.12. The molecule has 0 radical (unpaired) electrons. The van der Waals surface area contributed by atoms with Crippen LogP contribution in [0.25, 0.3) is 11.2 Å². The summed E-state index contributed by atoms with van der Waals surface area (Å²) < 4.78 is 7.23. The highest BCUT2D eigenvalue weighted by molar-refractivity contribution is 9.10. The van der Waals surface area contributed by atoms with Gasteiger partial charge >= 0.3 is 0 Å². The van der Waals surface area contributed by atoms with E-state index in [0.29, 0.717) is 15.9 Å². The molecule has 0 saturated carbocycles. The van der Waals surface area contributed by atoms with Crippen molar-refractivity contribution in [2.75, 3.05) is 12.3 Å². The van der Waals surface area contributed by atoms with Crippen LogP contribution in [-0.4, -0.2) is 59.8 Å². The van der Waals surface area contributed by atoms with Gasteiger partial charge in [0.25, 0.3) is 0 Å². The van der Waals surface area contributed by atoms with Crippen molar-refractivity contribution in [3.8, 4) is 0 Å². The molecule has 1 fully saturated rings. The second-order valence-electron chi connectivity index (χ2n) is 4.41. The Hall–Kier alpha value is -1.33. The van der Waals surface area contributed by atoms with Gasteiger partial charge in [-0.15, -0.1) is 0 Å². The Morgan fingerprint density at radius 2 is 2.10 bits per heavy atom. The van der Waals surface area contributed by atoms with Crippen LogP contribution in [0.15, 0.2) is 11.1 Å². The summed E-state index contributed by atoms with van der Waals surface area (Å²) in [5, 5.41) is 29.0. The lowest BCUT2D eigenvalue weighted by Gasteiger charge is -2.17. The Labute approximate surface area is 121 Å². The summed E-state index contributed by atoms with van der Waals surface area (Å²) in [7, 11) is 0. The molecular formula is C10H12BrN5O4. The zero-order chi connectivity index (χ0) is 14.4. The fourth-order valence-corrected chi connectivity index (χ4v) is 2.77. The second kappa shape index (κ2) is 4.90. The topological polar surface area (TPSA) is 140 Å². The minimum atomic E-state index is -1.22. The van der Waals surface area contributed by atoms with Gasteiger partial charge in [0.05, 0.1) is 6.61 Å². The van der Waals surface area contributed by atoms with Crippen LogP contribution in [-0.2, 0) is 4.74 Å². The summed E-state index contributed by atoms with van der Waals surface area (Å²) >= 11 is 3.24. The molecule has 0 amide bonds. The molecule has 4 atom stereocenters. The average molecular weight is 346 g/mol. The summed E-state index contributed by atoms with van der Waals surface area (Å²) in [6, 6.07) is 0. The number of nitrogen functional groups attached to an aromatic ring is 1. The largest absolute Gasteiger partial charge is 0.394 e. The molecule has 5 N–H and O–H groups in total. The number of imidazole rings is 1. The van der Waals surface area contributed by atoms with Gasteiger partial charge < -0.3 is 25.8 Å². The van der Waals surface area contributed by atoms with Crippen LogP contribution in [0.4, 0.5) is 5.82 Å². The maximum Gasteiger partial charge on any atom is 0.181 e. The molecule has 0 spiro atoms. The van der Waals surface area contributed by atoms with Gasteiger partial charge in [-0.3, -0.25) is 4.57 Å². The molecular weight excluding hydrogens is 334 g/mol. The number of hydrogen-bond donors (Lipinski definition) is 4. The van der Waals surface area contributed by atoms with Gasteiger partial charge in [-0.2, -0.15) is 0 Å². The smallest absolute Gasteiger partial charge is 0.181 e. The van der Waals surface area contributed by atoms with Crippen LogP contribution in [0.1, 0.15) is 6.23 Å². The lowest BCUT2D eigenvalue weighted by molar-refractivity contribution is -0.0521. The zero-order valence-corrected chi connectivity index (χ0v) is 11.7. The van der Waals surface area contributed by atoms with Gasteiger partial charge in [0.15, 0.2) is 27.9 Å². The summed E-state index contributed by atoms with van der Waals surface area (Å²) in [6.45, 7) is -0.407. The van der Waals surface area contributed by atoms with Crippen molar-refractivity contribution in [1.82, 2.24) is 19.5 Å². The maximum atomic E-state index is 10.1. The summed E-state index contributed by atoms with van der Waals surface area (Å²) in [5.41, 5.74) is 6.43. The van der Waals surface area contributed by atoms with Gasteiger partial charge in [-0.1, -0.05) is 0 Å². The highest BCUT2D eigenvalue weighted by atomic mass is 79.9. The predicted molar refractivity (Wildman–Crippen MR) is 70.4 cm³/mol. The van der Waals surface area contributed by atoms with E-state index in [9.17, 15) is 10.2 Å². The van der Waals surface area contributed by atoms with Gasteiger partial charge in [0.2, 0.25) is 0 Å². The van der Waals surface area contributed by atoms with Crippen molar-refractivity contribution in [1.29, 1.82) is 0 Å². The SMILES string of the molecule is Nc1ncnc2c1nc(Br)n2[C@H]1O[C@@H](CO)[C@@H](O)[C@H]1O. The number of aromatic nitrogens is 4. The first-order valence-corrected chi connectivity index (χ1v) is 6.60. The van der Waals surface area contributed by atoms with E-state index in [1.54, 1.807) is 0 Å². The highest BCUT2D eigenvalue weighted by Crippen LogP contribution is 2.34. The first-order valence-electron chi connectivity index (χ1n) is 5.81. The molecule has 0 bridgehead atoms. The van der Waals surface area contributed by atoms with Crippen molar-refractivity contribution >= 4 is 32.9 Å². The Morgan fingerprint density at radius 3 is 2.75 bits per heavy atom. The molecule has 108 valence electrons. The normalized spacial score (nSPS) is 30.2. The Bertz CT molecular complexity index is 650. The number of aliphatic hydroxyl groups excluding tert-OH is 3. The molecule has 2 aromatic rings. The minimum Gasteiger partial charge on any atom is -0.394 e. The number of nitrogens with two attached hydrogens (primary N) is 1. The fourth-order valence-electron chi connectivity index (χ4n) is 2.22. The van der Waals surface area contributed by atoms with E-state index < -0.39 is 31.1 Å². The molecule has 2 aromatic heterocycles. The van der Waals surface area contributed by atoms with E-state index in [1.165, 1.54) is 10.9 Å². The van der Waals surface area contributed by atoms with Crippen LogP contribution >= 0.6 is 15.9 Å². The molecule has 0 aromatic carbocycles. The van der Waals surface area contributed by atoms with Crippen molar-refractivity contribution in [2.24, 2.45) is 0 Å². The summed E-state index contributed by atoms with van der Waals surface area (Å²) in [5.74, 6) is 0.196. The van der Waals surface area contributed by atoms with E-state index >= 15 is 0 Å². The zero-order valence-electron chi connectivity index (χ0n) is 10.1. The molecule has 9 nitrogen and oxygen atoms in total. The standard InChI is InChI=1S/C10H12BrN5O4/c11-10-15-4-7(12)13-2-14-8(4)16(10)9-6(19)5(18)3(1-17)20-9/h2-3,5-6,9,17-19H,1H2,(H2,12,13,14)/t3-,5+,6+,9-/m0/s1. The first kappa shape index (κ1) is 13.6. The number of rotatable bonds is 2. The lowest BCUT2D eigenvalue weighted by atomic mass is 10.1. The van der Waals surface area contributed by atoms with E-state index in [4.69, 9.17) is 15.6 Å². The summed E-state index contributed by atoms with van der Waals surface area (Å²) in [4.78, 5) is 12.1. The molecule has 0 unspecified atom stereocenters. The first-order chi connectivity index (χ1) is 9.54. The van der Waals surface area contributed by atoms with Crippen LogP contribution in [0.3, 0.4) is 0 Å². The van der Waals surface area contributed by atoms with E-state index in [1.807, 2.05) is 0 Å². The third-order valence-electron chi connectivity index (χ3n) is 3.23. The third kappa shape index (κ3) is 1.88. The minimum absolute atomic E-state index is 0.196. The molecule has 3 heterocycles. The summed E-state index contributed by atoms with van der Waals surface area (Å²) in [6.07, 6.45) is -2.97. The maximum absolute atomic E-state index is 10.1. The number of anilines is 1. The average Bonchev–Trinajstić information content (AvgIpc) is 2.90. The Morgan fingerprint density at radius 1 is 1.35 bits per heavy atom. The molecule has 1 saturated heterocycles. The highest BCUT2D eigenvalue weighted by Gasteiger charge is 2.44. The number of hydrogen-bond acceptors (Lipinski definition) is 8. The number of fused-ring (bicyclic) bond motifs is 1. The van der Waals surface area contributed by atoms with E-state index in [2.05, 4.69) is 30.9 Å². The van der Waals surface area contributed by atoms with Crippen LogP contribution in [0, 0.1) is 0 Å². The number of halogens is 1. The molecule has 0 aliphatic carbocycles. The fraction of sp³-hybridized carbons (Fsp3) is 0.500. The number of aliphatic hydroxyl groups is 3. The van der Waals surface area contributed by atoms with Crippen LogP contribution in [0.2, 0.25) is 0 Å². The van der Waals surface area contributed by atoms with Gasteiger partial charge in [0, 0.05) is 0 Å². The number of nitrogens with zero attached hydrogens (tertiary/aromatic N) is 4. The Balaban J connectivity index is 2.11. The molecule has 20 heavy (non-hydrogen) atoms. The van der Waals surface area contributed by atoms with Crippen molar-refractivity contribution in [2.45, 2.75) is 24.5 Å². The van der Waals surface area contributed by atoms with Crippen molar-refractivity contribution in [3.05, 3.63) is 11.1 Å². The van der Waals surface area contributed by atoms with Crippen LogP contribution in [0.5, 0.6) is 0 Å². The van der Waals surface area contributed by atoms with Crippen molar-refractivity contribution in [3.63, 3.8) is 0 Å². The molecule has 1 aliphatic heterocycles. The van der Waals surface area contributed by atoms with E-state index in [0.717, 1.165) is 0 Å². The molecule has 3 rings (SSSR count). The molecule has 10 heteroatoms. The van der Waals surface area contributed by atoms with Crippen LogP contribution < -0.4 is 5.73 Å². The third-order valence-corrected chi connectivity index (χ3v) is 3.79. The molecule has 1 aliphatic rings. The van der Waals surface area contributed by atoms with Gasteiger partial charge in [-0.25, -0.2) is 15.0 Å². The van der Waals surface area contributed by atoms with Gasteiger partial charge in [0.1, 0.15) is 24.6 Å². The van der Waals surface area contributed by atoms with E-state index in [-0.39, 0.29) is 5.82 Å².